The summed E-state index contributed by atoms with van der Waals surface area (Å²) >= 11 is 6.84. The number of hydrogen-bond donors (Lipinski definition) is 2. The molecule has 1 fully saturated rings. The molecule has 0 radical (unpaired) electrons. The fraction of sp³-hybridized carbons (Fsp3) is 0.353. The average molecular weight is 430 g/mol. The second-order valence-electron chi connectivity index (χ2n) is 6.66. The van der Waals surface area contributed by atoms with Gasteiger partial charge in [0.25, 0.3) is 11.8 Å². The van der Waals surface area contributed by atoms with E-state index in [0.717, 1.165) is 17.5 Å². The van der Waals surface area contributed by atoms with Crippen molar-refractivity contribution in [2.45, 2.75) is 37.3 Å². The molecule has 3 heterocycles. The van der Waals surface area contributed by atoms with Crippen LogP contribution in [0.15, 0.2) is 23.8 Å². The van der Waals surface area contributed by atoms with Crippen LogP contribution in [-0.4, -0.2) is 38.5 Å². The molecule has 1 aliphatic carbocycles. The quantitative estimate of drug-likeness (QED) is 0.667. The van der Waals surface area contributed by atoms with E-state index in [4.69, 9.17) is 17.3 Å². The van der Waals surface area contributed by atoms with E-state index in [-0.39, 0.29) is 16.5 Å². The molecule has 0 spiro atoms. The van der Waals surface area contributed by atoms with Gasteiger partial charge in [-0.15, -0.1) is 11.3 Å². The summed E-state index contributed by atoms with van der Waals surface area (Å²) in [6, 6.07) is -0.844. The molecule has 1 aliphatic rings. The van der Waals surface area contributed by atoms with E-state index < -0.39 is 29.7 Å². The summed E-state index contributed by atoms with van der Waals surface area (Å²) in [6.07, 6.45) is 3.03. The highest BCUT2D eigenvalue weighted by molar-refractivity contribution is 7.12. The summed E-state index contributed by atoms with van der Waals surface area (Å²) in [7, 11) is 0. The van der Waals surface area contributed by atoms with Gasteiger partial charge in [-0.2, -0.15) is 5.10 Å². The lowest BCUT2D eigenvalue weighted by Crippen LogP contribution is -2.59. The standard InChI is InChI=1S/C17H15ClF3N5OS/c18-9-4-13-8(5-23-26(13)6-10(9)19)12-7-28-16(24-12)15(27)25-14-11(22)2-1-3-17(14,20)21/h4-7,11,14H,1-3,22H2,(H,25,27). The minimum absolute atomic E-state index is 0.0242. The molecule has 28 heavy (non-hydrogen) atoms. The normalized spacial score (nSPS) is 21.8. The summed E-state index contributed by atoms with van der Waals surface area (Å²) in [4.78, 5) is 16.7. The minimum atomic E-state index is -3.06. The first-order chi connectivity index (χ1) is 13.3. The van der Waals surface area contributed by atoms with Crippen LogP contribution in [0.5, 0.6) is 0 Å². The predicted octanol–water partition coefficient (Wildman–Crippen LogP) is 3.50. The van der Waals surface area contributed by atoms with Crippen molar-refractivity contribution >= 4 is 34.4 Å². The number of aromatic nitrogens is 3. The van der Waals surface area contributed by atoms with Gasteiger partial charge in [0.2, 0.25) is 0 Å². The highest BCUT2D eigenvalue weighted by atomic mass is 35.5. The number of alkyl halides is 2. The number of thiazole rings is 1. The van der Waals surface area contributed by atoms with E-state index >= 15 is 0 Å². The fourth-order valence-electron chi connectivity index (χ4n) is 3.30. The van der Waals surface area contributed by atoms with Crippen LogP contribution in [0.2, 0.25) is 5.02 Å². The molecule has 0 aliphatic heterocycles. The maximum Gasteiger partial charge on any atom is 0.280 e. The van der Waals surface area contributed by atoms with Crippen molar-refractivity contribution in [2.75, 3.05) is 0 Å². The molecule has 3 N–H and O–H groups in total. The third-order valence-corrected chi connectivity index (χ3v) is 5.88. The Kier molecular flexibility index (Phi) is 4.80. The van der Waals surface area contributed by atoms with Crippen molar-refractivity contribution in [3.8, 4) is 11.3 Å². The van der Waals surface area contributed by atoms with Crippen LogP contribution in [0.4, 0.5) is 13.2 Å². The third-order valence-electron chi connectivity index (χ3n) is 4.75. The number of nitrogens with zero attached hydrogens (tertiary/aromatic N) is 3. The Balaban J connectivity index is 1.59. The van der Waals surface area contributed by atoms with Crippen molar-refractivity contribution in [3.63, 3.8) is 0 Å². The zero-order chi connectivity index (χ0) is 20.1. The second-order valence-corrected chi connectivity index (χ2v) is 7.93. The Morgan fingerprint density at radius 3 is 3.00 bits per heavy atom. The predicted molar refractivity (Wildman–Crippen MR) is 99.3 cm³/mol. The van der Waals surface area contributed by atoms with E-state index in [1.165, 1.54) is 16.8 Å². The van der Waals surface area contributed by atoms with Gasteiger partial charge in [0.05, 0.1) is 28.6 Å². The molecule has 0 saturated heterocycles. The molecule has 0 aromatic carbocycles. The number of nitrogens with one attached hydrogen (secondary N) is 1. The number of pyridine rings is 1. The lowest BCUT2D eigenvalue weighted by molar-refractivity contribution is -0.0674. The number of halogens is 4. The largest absolute Gasteiger partial charge is 0.340 e. The van der Waals surface area contributed by atoms with E-state index in [0.29, 0.717) is 29.6 Å². The van der Waals surface area contributed by atoms with E-state index in [2.05, 4.69) is 15.4 Å². The van der Waals surface area contributed by atoms with E-state index in [1.54, 1.807) is 5.38 Å². The summed E-state index contributed by atoms with van der Waals surface area (Å²) < 4.78 is 43.1. The third kappa shape index (κ3) is 3.36. The van der Waals surface area contributed by atoms with Crippen LogP contribution in [-0.2, 0) is 0 Å². The highest BCUT2D eigenvalue weighted by Crippen LogP contribution is 2.33. The molecule has 4 rings (SSSR count). The Labute approximate surface area is 166 Å². The highest BCUT2D eigenvalue weighted by Gasteiger charge is 2.46. The smallest absolute Gasteiger partial charge is 0.280 e. The van der Waals surface area contributed by atoms with Gasteiger partial charge >= 0.3 is 0 Å². The maximum atomic E-state index is 14.1. The van der Waals surface area contributed by atoms with Gasteiger partial charge in [-0.25, -0.2) is 22.7 Å². The monoisotopic (exact) mass is 429 g/mol. The van der Waals surface area contributed by atoms with Gasteiger partial charge in [0.1, 0.15) is 6.04 Å². The van der Waals surface area contributed by atoms with Gasteiger partial charge in [-0.1, -0.05) is 11.6 Å². The summed E-state index contributed by atoms with van der Waals surface area (Å²) in [5.41, 5.74) is 7.24. The lowest BCUT2D eigenvalue weighted by Gasteiger charge is -2.36. The summed E-state index contributed by atoms with van der Waals surface area (Å²) in [5, 5.41) is 7.92. The fourth-order valence-corrected chi connectivity index (χ4v) is 4.17. The van der Waals surface area contributed by atoms with Crippen LogP contribution in [0.1, 0.15) is 29.1 Å². The molecule has 2 atom stereocenters. The molecule has 3 aromatic heterocycles. The molecule has 6 nitrogen and oxygen atoms in total. The number of carbonyl (C=O) groups is 1. The van der Waals surface area contributed by atoms with Crippen LogP contribution in [0.3, 0.4) is 0 Å². The average Bonchev–Trinajstić information content (AvgIpc) is 3.25. The van der Waals surface area contributed by atoms with Gasteiger partial charge in [-0.3, -0.25) is 4.79 Å². The summed E-state index contributed by atoms with van der Waals surface area (Å²) in [5.74, 6) is -4.39. The molecule has 148 valence electrons. The molecule has 0 bridgehead atoms. The molecule has 3 aromatic rings. The number of hydrogen-bond acceptors (Lipinski definition) is 5. The van der Waals surface area contributed by atoms with Gasteiger partial charge < -0.3 is 11.1 Å². The van der Waals surface area contributed by atoms with Gasteiger partial charge in [-0.05, 0) is 18.9 Å². The van der Waals surface area contributed by atoms with Crippen molar-refractivity contribution in [1.29, 1.82) is 0 Å². The van der Waals surface area contributed by atoms with E-state index in [1.807, 2.05) is 0 Å². The van der Waals surface area contributed by atoms with Crippen molar-refractivity contribution in [3.05, 3.63) is 39.7 Å². The lowest BCUT2D eigenvalue weighted by atomic mass is 9.87. The number of carbonyl (C=O) groups excluding carboxylic acids is 1. The van der Waals surface area contributed by atoms with Crippen LogP contribution in [0, 0.1) is 5.82 Å². The van der Waals surface area contributed by atoms with Crippen molar-refractivity contribution < 1.29 is 18.0 Å². The van der Waals surface area contributed by atoms with Gasteiger partial charge in [0, 0.05) is 23.4 Å². The zero-order valence-corrected chi connectivity index (χ0v) is 15.9. The Morgan fingerprint density at radius 1 is 1.46 bits per heavy atom. The molecular weight excluding hydrogens is 415 g/mol. The number of nitrogens with two attached hydrogens (primary N) is 1. The van der Waals surface area contributed by atoms with Crippen molar-refractivity contribution in [1.82, 2.24) is 19.9 Å². The summed E-state index contributed by atoms with van der Waals surface area (Å²) in [6.45, 7) is 0. The van der Waals surface area contributed by atoms with Crippen LogP contribution < -0.4 is 11.1 Å². The Morgan fingerprint density at radius 2 is 2.25 bits per heavy atom. The topological polar surface area (TPSA) is 85.3 Å². The van der Waals surface area contributed by atoms with Crippen LogP contribution in [0.25, 0.3) is 16.8 Å². The molecule has 11 heteroatoms. The van der Waals surface area contributed by atoms with Gasteiger partial charge in [0.15, 0.2) is 10.8 Å². The number of amides is 1. The first kappa shape index (κ1) is 19.2. The number of rotatable bonds is 3. The number of fused-ring (bicyclic) bond motifs is 1. The molecule has 1 saturated carbocycles. The second kappa shape index (κ2) is 7.02. The maximum absolute atomic E-state index is 14.1. The first-order valence-corrected chi connectivity index (χ1v) is 9.74. The van der Waals surface area contributed by atoms with Crippen molar-refractivity contribution in [2.24, 2.45) is 5.73 Å². The first-order valence-electron chi connectivity index (χ1n) is 8.49. The molecular formula is C17H15ClF3N5OS. The molecule has 2 unspecified atom stereocenters. The van der Waals surface area contributed by atoms with E-state index in [9.17, 15) is 18.0 Å². The minimum Gasteiger partial charge on any atom is -0.340 e. The van der Waals surface area contributed by atoms with Crippen LogP contribution >= 0.6 is 22.9 Å². The zero-order valence-electron chi connectivity index (χ0n) is 14.3. The Hall–Kier alpha value is -2.17. The Bertz CT molecular complexity index is 1050. The molecule has 1 amide bonds. The SMILES string of the molecule is NC1CCCC(F)(F)C1NC(=O)c1nc(-c2cnn3cc(F)c(Cl)cc23)cs1.